The van der Waals surface area contributed by atoms with E-state index in [9.17, 15) is 18.0 Å². The number of rotatable bonds is 15. The maximum absolute atomic E-state index is 14.6. The average Bonchev–Trinajstić information content (AvgIpc) is 3.07. The zero-order valence-electron chi connectivity index (χ0n) is 27.6. The second-order valence-corrected chi connectivity index (χ2v) is 13.6. The molecule has 4 rings (SSSR count). The fourth-order valence-corrected chi connectivity index (χ4v) is 6.64. The van der Waals surface area contributed by atoms with Crippen LogP contribution in [0.15, 0.2) is 108 Å². The van der Waals surface area contributed by atoms with Crippen molar-refractivity contribution < 1.29 is 27.5 Å². The molecule has 0 saturated heterocycles. The lowest BCUT2D eigenvalue weighted by Crippen LogP contribution is -2.53. The maximum atomic E-state index is 14.6. The van der Waals surface area contributed by atoms with Crippen LogP contribution in [0.3, 0.4) is 0 Å². The molecule has 4 aromatic carbocycles. The van der Waals surface area contributed by atoms with Crippen molar-refractivity contribution >= 4 is 27.5 Å². The van der Waals surface area contributed by atoms with Gasteiger partial charge in [-0.2, -0.15) is 0 Å². The fraction of sp³-hybridized carbons (Fsp3) is 0.297. The van der Waals surface area contributed by atoms with Gasteiger partial charge in [0.05, 0.1) is 24.8 Å². The van der Waals surface area contributed by atoms with Crippen molar-refractivity contribution in [1.29, 1.82) is 0 Å². The number of hydrogen-bond donors (Lipinski definition) is 1. The molecule has 0 aliphatic heterocycles. The van der Waals surface area contributed by atoms with Gasteiger partial charge >= 0.3 is 0 Å². The number of hydrogen-bond acceptors (Lipinski definition) is 6. The van der Waals surface area contributed by atoms with Gasteiger partial charge in [0.2, 0.25) is 11.8 Å². The van der Waals surface area contributed by atoms with Crippen LogP contribution in [0.2, 0.25) is 0 Å². The summed E-state index contributed by atoms with van der Waals surface area (Å²) in [5.74, 6) is -0.0388. The van der Waals surface area contributed by atoms with E-state index in [-0.39, 0.29) is 35.4 Å². The Bertz CT molecular complexity index is 1750. The number of anilines is 1. The molecule has 0 saturated carbocycles. The summed E-state index contributed by atoms with van der Waals surface area (Å²) >= 11 is 0. The first kappa shape index (κ1) is 35.0. The first-order chi connectivity index (χ1) is 22.5. The molecule has 1 atom stereocenters. The van der Waals surface area contributed by atoms with Crippen LogP contribution in [-0.2, 0) is 32.6 Å². The molecular weight excluding hydrogens is 614 g/mol. The number of methoxy groups -OCH3 is 2. The van der Waals surface area contributed by atoms with Gasteiger partial charge in [-0.3, -0.25) is 13.9 Å². The second kappa shape index (κ2) is 16.1. The van der Waals surface area contributed by atoms with Crippen LogP contribution in [0.1, 0.15) is 30.5 Å². The molecule has 9 nitrogen and oxygen atoms in total. The fourth-order valence-electron chi connectivity index (χ4n) is 5.21. The third-order valence-electron chi connectivity index (χ3n) is 7.66. The molecule has 0 unspecified atom stereocenters. The van der Waals surface area contributed by atoms with E-state index >= 15 is 0 Å². The molecular formula is C37H43N3O6S. The number of aryl methyl sites for hydroxylation is 1. The van der Waals surface area contributed by atoms with E-state index in [1.165, 1.54) is 37.3 Å². The van der Waals surface area contributed by atoms with Crippen molar-refractivity contribution in [3.63, 3.8) is 0 Å². The van der Waals surface area contributed by atoms with Gasteiger partial charge in [0.15, 0.2) is 11.5 Å². The molecule has 248 valence electrons. The largest absolute Gasteiger partial charge is 0.493 e. The van der Waals surface area contributed by atoms with E-state index in [0.29, 0.717) is 18.0 Å². The Hall–Kier alpha value is -4.83. The lowest BCUT2D eigenvalue weighted by molar-refractivity contribution is -0.140. The van der Waals surface area contributed by atoms with Gasteiger partial charge in [0, 0.05) is 25.6 Å². The number of benzene rings is 4. The molecule has 47 heavy (non-hydrogen) atoms. The van der Waals surface area contributed by atoms with Crippen LogP contribution in [0, 0.1) is 12.8 Å². The molecule has 2 amide bonds. The Balaban J connectivity index is 1.80. The minimum atomic E-state index is -4.30. The van der Waals surface area contributed by atoms with Crippen LogP contribution in [0.25, 0.3) is 0 Å². The average molecular weight is 658 g/mol. The minimum Gasteiger partial charge on any atom is -0.493 e. The highest BCUT2D eigenvalue weighted by Gasteiger charge is 2.35. The van der Waals surface area contributed by atoms with Gasteiger partial charge in [0.1, 0.15) is 12.6 Å². The lowest BCUT2D eigenvalue weighted by Gasteiger charge is -2.34. The van der Waals surface area contributed by atoms with Gasteiger partial charge in [-0.15, -0.1) is 0 Å². The number of sulfonamides is 1. The van der Waals surface area contributed by atoms with Crippen LogP contribution in [0.4, 0.5) is 5.69 Å². The Morgan fingerprint density at radius 1 is 0.787 bits per heavy atom. The smallest absolute Gasteiger partial charge is 0.264 e. The van der Waals surface area contributed by atoms with Gasteiger partial charge in [-0.1, -0.05) is 92.2 Å². The third-order valence-corrected chi connectivity index (χ3v) is 9.43. The van der Waals surface area contributed by atoms with E-state index in [1.54, 1.807) is 30.3 Å². The van der Waals surface area contributed by atoms with Crippen LogP contribution < -0.4 is 19.1 Å². The van der Waals surface area contributed by atoms with Crippen molar-refractivity contribution in [3.8, 4) is 11.5 Å². The highest BCUT2D eigenvalue weighted by atomic mass is 32.2. The van der Waals surface area contributed by atoms with Gasteiger partial charge in [-0.25, -0.2) is 8.42 Å². The number of para-hydroxylation sites is 1. The first-order valence-electron chi connectivity index (χ1n) is 15.5. The number of carbonyl (C=O) groups is 2. The molecule has 0 heterocycles. The van der Waals surface area contributed by atoms with Crippen molar-refractivity contribution in [2.45, 2.75) is 44.7 Å². The summed E-state index contributed by atoms with van der Waals surface area (Å²) in [6, 6.07) is 29.0. The maximum Gasteiger partial charge on any atom is 0.264 e. The normalized spacial score (nSPS) is 11.9. The van der Waals surface area contributed by atoms with Crippen LogP contribution in [0.5, 0.6) is 11.5 Å². The summed E-state index contributed by atoms with van der Waals surface area (Å²) in [4.78, 5) is 29.9. The predicted octanol–water partition coefficient (Wildman–Crippen LogP) is 5.62. The molecule has 4 aromatic rings. The van der Waals surface area contributed by atoms with Gasteiger partial charge < -0.3 is 19.7 Å². The SMILES string of the molecule is COc1ccc(S(=O)(=O)N(CC(=O)N(Cc2cccc(C)c2)[C@H](Cc2ccccc2)C(=O)NCC(C)C)c2ccccc2)cc1OC. The van der Waals surface area contributed by atoms with E-state index in [1.807, 2.05) is 75.4 Å². The van der Waals surface area contributed by atoms with Gasteiger partial charge in [-0.05, 0) is 48.2 Å². The van der Waals surface area contributed by atoms with Crippen molar-refractivity contribution in [2.24, 2.45) is 5.92 Å². The molecule has 0 aromatic heterocycles. The summed E-state index contributed by atoms with van der Waals surface area (Å²) in [5, 5.41) is 3.01. The Kier molecular flexibility index (Phi) is 12.0. The zero-order chi connectivity index (χ0) is 34.0. The predicted molar refractivity (Wildman–Crippen MR) is 184 cm³/mol. The van der Waals surface area contributed by atoms with Crippen LogP contribution >= 0.6 is 0 Å². The van der Waals surface area contributed by atoms with E-state index in [0.717, 1.165) is 21.0 Å². The van der Waals surface area contributed by atoms with E-state index in [4.69, 9.17) is 9.47 Å². The lowest BCUT2D eigenvalue weighted by atomic mass is 10.0. The van der Waals surface area contributed by atoms with Crippen molar-refractivity contribution in [2.75, 3.05) is 31.6 Å². The molecule has 10 heteroatoms. The van der Waals surface area contributed by atoms with Crippen molar-refractivity contribution in [1.82, 2.24) is 10.2 Å². The number of nitrogens with one attached hydrogen (secondary N) is 1. The molecule has 0 aliphatic carbocycles. The van der Waals surface area contributed by atoms with Crippen LogP contribution in [-0.4, -0.2) is 58.5 Å². The monoisotopic (exact) mass is 657 g/mol. The third kappa shape index (κ3) is 9.13. The molecule has 0 fully saturated rings. The zero-order valence-corrected chi connectivity index (χ0v) is 28.4. The molecule has 0 bridgehead atoms. The highest BCUT2D eigenvalue weighted by Crippen LogP contribution is 2.32. The Labute approximate surface area is 278 Å². The minimum absolute atomic E-state index is 0.0763. The molecule has 1 N–H and O–H groups in total. The summed E-state index contributed by atoms with van der Waals surface area (Å²) < 4.78 is 40.4. The van der Waals surface area contributed by atoms with E-state index in [2.05, 4.69) is 5.32 Å². The first-order valence-corrected chi connectivity index (χ1v) is 16.9. The highest BCUT2D eigenvalue weighted by molar-refractivity contribution is 7.92. The summed E-state index contributed by atoms with van der Waals surface area (Å²) in [7, 11) is -1.41. The summed E-state index contributed by atoms with van der Waals surface area (Å²) in [6.45, 7) is 5.94. The van der Waals surface area contributed by atoms with Crippen molar-refractivity contribution in [3.05, 3.63) is 120 Å². The Morgan fingerprint density at radius 2 is 1.43 bits per heavy atom. The number of amides is 2. The number of carbonyl (C=O) groups excluding carboxylic acids is 2. The molecule has 0 spiro atoms. The number of nitrogens with zero attached hydrogens (tertiary/aromatic N) is 2. The van der Waals surface area contributed by atoms with Gasteiger partial charge in [0.25, 0.3) is 10.0 Å². The standard InChI is InChI=1S/C37H43N3O6S/c1-27(2)24-38-37(42)33(22-29-14-8-6-9-15-29)39(25-30-16-12-13-28(3)21-30)36(41)26-40(31-17-10-7-11-18-31)47(43,44)32-19-20-34(45-4)35(23-32)46-5/h6-21,23,27,33H,22,24-26H2,1-5H3,(H,38,42)/t33-/m1/s1. The number of ether oxygens (including phenoxy) is 2. The second-order valence-electron chi connectivity index (χ2n) is 11.7. The van der Waals surface area contributed by atoms with E-state index < -0.39 is 28.5 Å². The molecule has 0 radical (unpaired) electrons. The topological polar surface area (TPSA) is 105 Å². The Morgan fingerprint density at radius 3 is 2.04 bits per heavy atom. The molecule has 0 aliphatic rings. The quantitative estimate of drug-likeness (QED) is 0.178. The summed E-state index contributed by atoms with van der Waals surface area (Å²) in [6.07, 6.45) is 0.246. The summed E-state index contributed by atoms with van der Waals surface area (Å²) in [5.41, 5.74) is 3.00.